The van der Waals surface area contributed by atoms with Gasteiger partial charge in [0, 0.05) is 30.6 Å². The number of pyridine rings is 1. The number of rotatable bonds is 2. The van der Waals surface area contributed by atoms with Crippen LogP contribution in [-0.4, -0.2) is 35.4 Å². The summed E-state index contributed by atoms with van der Waals surface area (Å²) in [6.45, 7) is 6.74. The highest BCUT2D eigenvalue weighted by atomic mass is 35.5. The lowest BCUT2D eigenvalue weighted by molar-refractivity contribution is -0.124. The Morgan fingerprint density at radius 3 is 2.95 bits per heavy atom. The van der Waals surface area contributed by atoms with Crippen LogP contribution >= 0.6 is 11.6 Å². The maximum absolute atomic E-state index is 11.4. The van der Waals surface area contributed by atoms with Gasteiger partial charge in [-0.1, -0.05) is 23.7 Å². The number of fused-ring (bicyclic) bond motifs is 1. The van der Waals surface area contributed by atoms with Gasteiger partial charge in [-0.15, -0.1) is 0 Å². The normalized spacial score (nSPS) is 16.2. The highest BCUT2D eigenvalue weighted by molar-refractivity contribution is 6.30. The molecule has 2 aromatic rings. The van der Waals surface area contributed by atoms with Gasteiger partial charge in [-0.3, -0.25) is 9.69 Å². The first-order chi connectivity index (χ1) is 10.0. The lowest BCUT2D eigenvalue weighted by Crippen LogP contribution is -2.47. The third kappa shape index (κ3) is 2.87. The number of aryl methyl sites for hydroxylation is 2. The van der Waals surface area contributed by atoms with Crippen molar-refractivity contribution < 1.29 is 4.79 Å². The number of nitrogens with one attached hydrogen (secondary N) is 1. The number of hydrogen-bond acceptors (Lipinski definition) is 3. The van der Waals surface area contributed by atoms with E-state index in [0.717, 1.165) is 23.0 Å². The van der Waals surface area contributed by atoms with E-state index in [9.17, 15) is 4.79 Å². The molecule has 1 fully saturated rings. The molecule has 0 unspecified atom stereocenters. The number of hydrogen-bond donors (Lipinski definition) is 1. The van der Waals surface area contributed by atoms with E-state index in [1.165, 1.54) is 11.1 Å². The fourth-order valence-corrected chi connectivity index (χ4v) is 2.88. The molecule has 1 amide bonds. The first-order valence-electron chi connectivity index (χ1n) is 7.09. The lowest BCUT2D eigenvalue weighted by Gasteiger charge is -2.26. The van der Waals surface area contributed by atoms with Crippen LogP contribution in [0.5, 0.6) is 0 Å². The van der Waals surface area contributed by atoms with Gasteiger partial charge in [-0.05, 0) is 31.0 Å². The summed E-state index contributed by atoms with van der Waals surface area (Å²) in [5.41, 5.74) is 4.31. The zero-order chi connectivity index (χ0) is 15.0. The van der Waals surface area contributed by atoms with E-state index in [1.807, 2.05) is 0 Å². The molecule has 0 bridgehead atoms. The molecule has 4 nitrogen and oxygen atoms in total. The van der Waals surface area contributed by atoms with Crippen molar-refractivity contribution in [3.05, 3.63) is 40.0 Å². The van der Waals surface area contributed by atoms with Crippen LogP contribution in [0, 0.1) is 13.8 Å². The molecule has 1 aromatic heterocycles. The molecule has 1 saturated heterocycles. The number of aromatic nitrogens is 1. The van der Waals surface area contributed by atoms with E-state index in [-0.39, 0.29) is 5.91 Å². The van der Waals surface area contributed by atoms with E-state index in [4.69, 9.17) is 11.6 Å². The first kappa shape index (κ1) is 14.3. The molecular formula is C16H18ClN3O. The zero-order valence-electron chi connectivity index (χ0n) is 12.2. The van der Waals surface area contributed by atoms with Gasteiger partial charge in [0.05, 0.1) is 12.1 Å². The Labute approximate surface area is 129 Å². The van der Waals surface area contributed by atoms with Gasteiger partial charge in [0.15, 0.2) is 0 Å². The van der Waals surface area contributed by atoms with E-state index < -0.39 is 0 Å². The molecule has 5 heteroatoms. The maximum Gasteiger partial charge on any atom is 0.234 e. The summed E-state index contributed by atoms with van der Waals surface area (Å²) < 4.78 is 0. The molecule has 21 heavy (non-hydrogen) atoms. The summed E-state index contributed by atoms with van der Waals surface area (Å²) in [5.74, 6) is 0.0672. The van der Waals surface area contributed by atoms with Crippen LogP contribution in [0.25, 0.3) is 10.9 Å². The van der Waals surface area contributed by atoms with Crippen LogP contribution in [0.2, 0.25) is 5.15 Å². The summed E-state index contributed by atoms with van der Waals surface area (Å²) >= 11 is 6.34. The third-order valence-corrected chi connectivity index (χ3v) is 4.38. The van der Waals surface area contributed by atoms with Gasteiger partial charge in [-0.2, -0.15) is 0 Å². The van der Waals surface area contributed by atoms with Crippen LogP contribution < -0.4 is 5.32 Å². The Hall–Kier alpha value is -1.65. The zero-order valence-corrected chi connectivity index (χ0v) is 13.0. The topological polar surface area (TPSA) is 45.2 Å². The Bertz CT molecular complexity index is 714. The minimum atomic E-state index is 0.0672. The molecule has 1 N–H and O–H groups in total. The Balaban J connectivity index is 1.94. The van der Waals surface area contributed by atoms with Gasteiger partial charge in [0.2, 0.25) is 5.91 Å². The van der Waals surface area contributed by atoms with Crippen LogP contribution in [0.1, 0.15) is 16.7 Å². The molecular weight excluding hydrogens is 286 g/mol. The average Bonchev–Trinajstić information content (AvgIpc) is 2.45. The third-order valence-electron chi connectivity index (χ3n) is 4.05. The number of amides is 1. The molecule has 1 aliphatic rings. The van der Waals surface area contributed by atoms with Crippen LogP contribution in [-0.2, 0) is 11.3 Å². The quantitative estimate of drug-likeness (QED) is 0.867. The van der Waals surface area contributed by atoms with Gasteiger partial charge in [0.1, 0.15) is 5.15 Å². The van der Waals surface area contributed by atoms with Gasteiger partial charge in [-0.25, -0.2) is 4.98 Å². The summed E-state index contributed by atoms with van der Waals surface area (Å²) in [6.07, 6.45) is 0. The Morgan fingerprint density at radius 2 is 2.19 bits per heavy atom. The fourth-order valence-electron chi connectivity index (χ4n) is 2.68. The summed E-state index contributed by atoms with van der Waals surface area (Å²) in [4.78, 5) is 18.1. The predicted octanol–water partition coefficient (Wildman–Crippen LogP) is 2.44. The van der Waals surface area contributed by atoms with Crippen molar-refractivity contribution in [1.82, 2.24) is 15.2 Å². The van der Waals surface area contributed by atoms with Crippen LogP contribution in [0.15, 0.2) is 18.2 Å². The molecule has 0 atom stereocenters. The van der Waals surface area contributed by atoms with Crippen molar-refractivity contribution in [1.29, 1.82) is 0 Å². The van der Waals surface area contributed by atoms with Gasteiger partial charge >= 0.3 is 0 Å². The SMILES string of the molecule is Cc1ccc2cc(CN3CCNC(=O)C3)c(Cl)nc2c1C. The van der Waals surface area contributed by atoms with Crippen molar-refractivity contribution in [2.45, 2.75) is 20.4 Å². The summed E-state index contributed by atoms with van der Waals surface area (Å²) in [5, 5.41) is 4.45. The number of carbonyl (C=O) groups excluding carboxylic acids is 1. The van der Waals surface area contributed by atoms with Crippen LogP contribution in [0.3, 0.4) is 0 Å². The Morgan fingerprint density at radius 1 is 1.38 bits per heavy atom. The van der Waals surface area contributed by atoms with Crippen molar-refractivity contribution in [3.63, 3.8) is 0 Å². The highest BCUT2D eigenvalue weighted by Crippen LogP contribution is 2.25. The molecule has 0 spiro atoms. The highest BCUT2D eigenvalue weighted by Gasteiger charge is 2.18. The van der Waals surface area contributed by atoms with Gasteiger partial charge < -0.3 is 5.32 Å². The van der Waals surface area contributed by atoms with Crippen molar-refractivity contribution >= 4 is 28.4 Å². The maximum atomic E-state index is 11.4. The van der Waals surface area contributed by atoms with Crippen molar-refractivity contribution in [2.24, 2.45) is 0 Å². The van der Waals surface area contributed by atoms with E-state index in [2.05, 4.69) is 47.2 Å². The fraction of sp³-hybridized carbons (Fsp3) is 0.375. The standard InChI is InChI=1S/C16H18ClN3O/c1-10-3-4-12-7-13(16(17)19-15(12)11(10)2)8-20-6-5-18-14(21)9-20/h3-4,7H,5-6,8-9H2,1-2H3,(H,18,21). The number of piperazine rings is 1. The first-order valence-corrected chi connectivity index (χ1v) is 7.47. The molecule has 0 aliphatic carbocycles. The second kappa shape index (κ2) is 5.62. The predicted molar refractivity (Wildman–Crippen MR) is 84.5 cm³/mol. The van der Waals surface area contributed by atoms with Crippen LogP contribution in [0.4, 0.5) is 0 Å². The minimum Gasteiger partial charge on any atom is -0.354 e. The second-order valence-corrected chi connectivity index (χ2v) is 5.94. The minimum absolute atomic E-state index is 0.0672. The van der Waals surface area contributed by atoms with Crippen molar-refractivity contribution in [3.8, 4) is 0 Å². The summed E-state index contributed by atoms with van der Waals surface area (Å²) in [7, 11) is 0. The largest absolute Gasteiger partial charge is 0.354 e. The van der Waals surface area contributed by atoms with E-state index in [0.29, 0.717) is 24.8 Å². The number of benzene rings is 1. The molecule has 0 saturated carbocycles. The molecule has 1 aromatic carbocycles. The average molecular weight is 304 g/mol. The van der Waals surface area contributed by atoms with Gasteiger partial charge in [0.25, 0.3) is 0 Å². The number of carbonyl (C=O) groups is 1. The molecule has 110 valence electrons. The number of halogens is 1. The van der Waals surface area contributed by atoms with E-state index >= 15 is 0 Å². The Kier molecular flexibility index (Phi) is 3.83. The van der Waals surface area contributed by atoms with E-state index in [1.54, 1.807) is 0 Å². The molecule has 1 aliphatic heterocycles. The second-order valence-electron chi connectivity index (χ2n) is 5.58. The lowest BCUT2D eigenvalue weighted by atomic mass is 10.0. The molecule has 3 rings (SSSR count). The van der Waals surface area contributed by atoms with Crippen molar-refractivity contribution in [2.75, 3.05) is 19.6 Å². The molecule has 0 radical (unpaired) electrons. The summed E-state index contributed by atoms with van der Waals surface area (Å²) in [6, 6.07) is 6.27. The number of nitrogens with zero attached hydrogens (tertiary/aromatic N) is 2. The molecule has 2 heterocycles. The smallest absolute Gasteiger partial charge is 0.234 e. The monoisotopic (exact) mass is 303 g/mol.